The average molecular weight is 469 g/mol. The van der Waals surface area contributed by atoms with Gasteiger partial charge in [-0.15, -0.1) is 0 Å². The van der Waals surface area contributed by atoms with Gasteiger partial charge in [0.05, 0.1) is 27.4 Å². The molecule has 2 aromatic rings. The third-order valence-electron chi connectivity index (χ3n) is 5.21. The largest absolute Gasteiger partial charge is 0.497 e. The number of nitrogens with one attached hydrogen (secondary N) is 3. The first kappa shape index (κ1) is 24.0. The fourth-order valence-corrected chi connectivity index (χ4v) is 5.17. The lowest BCUT2D eigenvalue weighted by atomic mass is 10.0. The smallest absolute Gasteiger partial charge is 0.325 e. The van der Waals surface area contributed by atoms with Crippen molar-refractivity contribution in [2.45, 2.75) is 26.6 Å². The summed E-state index contributed by atoms with van der Waals surface area (Å²) in [6.07, 6.45) is 0. The SMILES string of the molecule is COc1ccc(-c2c(NC(C)=O)ccc([Si](C)(C)C)c2NC(=O)CN2C(=O)CNC2=O)cc1. The molecule has 1 fully saturated rings. The van der Waals surface area contributed by atoms with E-state index in [0.29, 0.717) is 22.7 Å². The van der Waals surface area contributed by atoms with E-state index in [4.69, 9.17) is 4.74 Å². The molecule has 33 heavy (non-hydrogen) atoms. The molecule has 2 aromatic carbocycles. The third-order valence-corrected chi connectivity index (χ3v) is 7.24. The number of imide groups is 1. The normalized spacial score (nSPS) is 13.5. The number of urea groups is 1. The summed E-state index contributed by atoms with van der Waals surface area (Å²) >= 11 is 0. The predicted molar refractivity (Wildman–Crippen MR) is 129 cm³/mol. The minimum atomic E-state index is -1.97. The van der Waals surface area contributed by atoms with Gasteiger partial charge in [-0.3, -0.25) is 19.3 Å². The van der Waals surface area contributed by atoms with Crippen molar-refractivity contribution in [3.05, 3.63) is 36.4 Å². The Morgan fingerprint density at radius 2 is 1.73 bits per heavy atom. The standard InChI is InChI=1S/C23H28N4O5Si/c1-14(28)25-17-10-11-18(33(3,4)5)22(21(17)15-6-8-16(32-2)9-7-15)26-19(29)13-27-20(30)12-24-23(27)31/h6-11H,12-13H2,1-5H3,(H,24,31)(H,25,28)(H,26,29). The number of ether oxygens (including phenoxy) is 1. The van der Waals surface area contributed by atoms with Crippen LogP contribution >= 0.6 is 0 Å². The second-order valence-corrected chi connectivity index (χ2v) is 13.8. The van der Waals surface area contributed by atoms with Crippen LogP contribution in [0.3, 0.4) is 0 Å². The maximum atomic E-state index is 13.0. The molecule has 0 bridgehead atoms. The van der Waals surface area contributed by atoms with E-state index in [9.17, 15) is 19.2 Å². The molecule has 174 valence electrons. The highest BCUT2D eigenvalue weighted by Gasteiger charge is 2.31. The Balaban J connectivity index is 2.12. The number of hydrogen-bond donors (Lipinski definition) is 3. The molecule has 0 radical (unpaired) electrons. The lowest BCUT2D eigenvalue weighted by Gasteiger charge is -2.26. The van der Waals surface area contributed by atoms with Gasteiger partial charge in [0.15, 0.2) is 0 Å². The zero-order valence-corrected chi connectivity index (χ0v) is 20.4. The molecule has 9 nitrogen and oxygen atoms in total. The molecule has 0 spiro atoms. The lowest BCUT2D eigenvalue weighted by molar-refractivity contribution is -0.128. The van der Waals surface area contributed by atoms with E-state index in [1.54, 1.807) is 19.2 Å². The molecule has 0 unspecified atom stereocenters. The maximum absolute atomic E-state index is 13.0. The summed E-state index contributed by atoms with van der Waals surface area (Å²) in [6.45, 7) is 7.33. The van der Waals surface area contributed by atoms with Crippen molar-refractivity contribution in [1.29, 1.82) is 0 Å². The molecule has 10 heteroatoms. The van der Waals surface area contributed by atoms with Crippen molar-refractivity contribution in [3.63, 3.8) is 0 Å². The number of nitrogens with zero attached hydrogens (tertiary/aromatic N) is 1. The molecule has 5 amide bonds. The molecule has 1 heterocycles. The van der Waals surface area contributed by atoms with E-state index in [1.165, 1.54) is 6.92 Å². The van der Waals surface area contributed by atoms with Crippen molar-refractivity contribution >= 4 is 48.4 Å². The molecule has 0 atom stereocenters. The van der Waals surface area contributed by atoms with Crippen molar-refractivity contribution in [3.8, 4) is 16.9 Å². The molecule has 1 aliphatic heterocycles. The van der Waals surface area contributed by atoms with Gasteiger partial charge in [-0.1, -0.05) is 37.8 Å². The summed E-state index contributed by atoms with van der Waals surface area (Å²) in [4.78, 5) is 49.6. The second-order valence-electron chi connectivity index (χ2n) is 8.76. The van der Waals surface area contributed by atoms with Crippen LogP contribution in [0.2, 0.25) is 19.6 Å². The third kappa shape index (κ3) is 5.40. The number of methoxy groups -OCH3 is 1. The van der Waals surface area contributed by atoms with Crippen LogP contribution in [0.4, 0.5) is 16.2 Å². The quantitative estimate of drug-likeness (QED) is 0.426. The van der Waals surface area contributed by atoms with Gasteiger partial charge in [-0.05, 0) is 28.9 Å². The fraction of sp³-hybridized carbons (Fsp3) is 0.304. The van der Waals surface area contributed by atoms with Crippen LogP contribution in [0.1, 0.15) is 6.92 Å². The molecular weight excluding hydrogens is 440 g/mol. The molecular formula is C23H28N4O5Si. The number of anilines is 2. The van der Waals surface area contributed by atoms with Crippen LogP contribution in [0.5, 0.6) is 5.75 Å². The Morgan fingerprint density at radius 3 is 2.24 bits per heavy atom. The van der Waals surface area contributed by atoms with Crippen LogP contribution in [0, 0.1) is 0 Å². The van der Waals surface area contributed by atoms with Gasteiger partial charge >= 0.3 is 6.03 Å². The van der Waals surface area contributed by atoms with Crippen LogP contribution in [0.15, 0.2) is 36.4 Å². The monoisotopic (exact) mass is 468 g/mol. The van der Waals surface area contributed by atoms with Gasteiger partial charge < -0.3 is 20.7 Å². The second kappa shape index (κ2) is 9.45. The Morgan fingerprint density at radius 1 is 1.06 bits per heavy atom. The van der Waals surface area contributed by atoms with Gasteiger partial charge in [-0.2, -0.15) is 0 Å². The number of rotatable bonds is 7. The zero-order chi connectivity index (χ0) is 24.3. The van der Waals surface area contributed by atoms with E-state index in [2.05, 4.69) is 35.6 Å². The molecule has 0 aromatic heterocycles. The van der Waals surface area contributed by atoms with E-state index < -0.39 is 32.5 Å². The van der Waals surface area contributed by atoms with Crippen molar-refractivity contribution in [2.75, 3.05) is 30.8 Å². The predicted octanol–water partition coefficient (Wildman–Crippen LogP) is 2.36. The Kier molecular flexibility index (Phi) is 6.87. The van der Waals surface area contributed by atoms with Gasteiger partial charge in [0.25, 0.3) is 5.91 Å². The molecule has 1 saturated heterocycles. The fourth-order valence-electron chi connectivity index (χ4n) is 3.65. The lowest BCUT2D eigenvalue weighted by Crippen LogP contribution is -2.43. The van der Waals surface area contributed by atoms with E-state index in [-0.39, 0.29) is 12.5 Å². The van der Waals surface area contributed by atoms with Crippen LogP contribution in [0.25, 0.3) is 11.1 Å². The molecule has 0 saturated carbocycles. The summed E-state index contributed by atoms with van der Waals surface area (Å²) in [7, 11) is -0.398. The Hall–Kier alpha value is -3.66. The summed E-state index contributed by atoms with van der Waals surface area (Å²) in [5.74, 6) is -0.537. The van der Waals surface area contributed by atoms with Crippen LogP contribution in [-0.2, 0) is 14.4 Å². The van der Waals surface area contributed by atoms with Gasteiger partial charge in [0, 0.05) is 18.2 Å². The molecule has 3 rings (SSSR count). The van der Waals surface area contributed by atoms with Gasteiger partial charge in [0.1, 0.15) is 12.3 Å². The first-order valence-corrected chi connectivity index (χ1v) is 14.0. The summed E-state index contributed by atoms with van der Waals surface area (Å²) < 4.78 is 5.26. The van der Waals surface area contributed by atoms with Gasteiger partial charge in [-0.25, -0.2) is 4.79 Å². The maximum Gasteiger partial charge on any atom is 0.325 e. The molecule has 1 aliphatic rings. The number of benzene rings is 2. The van der Waals surface area contributed by atoms with Crippen LogP contribution < -0.4 is 25.9 Å². The minimum absolute atomic E-state index is 0.124. The molecule has 0 aliphatic carbocycles. The Labute approximate surface area is 193 Å². The summed E-state index contributed by atoms with van der Waals surface area (Å²) in [5.41, 5.74) is 2.52. The van der Waals surface area contributed by atoms with E-state index in [0.717, 1.165) is 15.7 Å². The summed E-state index contributed by atoms with van der Waals surface area (Å²) in [6, 6.07) is 10.4. The highest BCUT2D eigenvalue weighted by Crippen LogP contribution is 2.36. The first-order valence-electron chi connectivity index (χ1n) is 10.5. The number of hydrogen-bond acceptors (Lipinski definition) is 5. The van der Waals surface area contributed by atoms with Crippen molar-refractivity contribution < 1.29 is 23.9 Å². The van der Waals surface area contributed by atoms with E-state index >= 15 is 0 Å². The topological polar surface area (TPSA) is 117 Å². The summed E-state index contributed by atoms with van der Waals surface area (Å²) in [5, 5.41) is 9.15. The van der Waals surface area contributed by atoms with Crippen molar-refractivity contribution in [2.24, 2.45) is 0 Å². The van der Waals surface area contributed by atoms with Crippen LogP contribution in [-0.4, -0.2) is 56.9 Å². The molecule has 3 N–H and O–H groups in total. The highest BCUT2D eigenvalue weighted by molar-refractivity contribution is 6.90. The highest BCUT2D eigenvalue weighted by atomic mass is 28.3. The zero-order valence-electron chi connectivity index (χ0n) is 19.4. The first-order chi connectivity index (χ1) is 15.5. The Bertz CT molecular complexity index is 1090. The number of amides is 5. The minimum Gasteiger partial charge on any atom is -0.497 e. The van der Waals surface area contributed by atoms with Gasteiger partial charge in [0.2, 0.25) is 11.8 Å². The van der Waals surface area contributed by atoms with Crippen molar-refractivity contribution in [1.82, 2.24) is 10.2 Å². The number of carbonyl (C=O) groups is 4. The van der Waals surface area contributed by atoms with E-state index in [1.807, 2.05) is 24.3 Å². The average Bonchev–Trinajstić information content (AvgIpc) is 3.05. The number of carbonyl (C=O) groups excluding carboxylic acids is 4.